The van der Waals surface area contributed by atoms with E-state index in [-0.39, 0.29) is 5.91 Å². The van der Waals surface area contributed by atoms with Crippen LogP contribution >= 0.6 is 0 Å². The van der Waals surface area contributed by atoms with Gasteiger partial charge in [-0.1, -0.05) is 0 Å². The molecule has 1 N–H and O–H groups in total. The van der Waals surface area contributed by atoms with E-state index < -0.39 is 0 Å². The molecule has 0 saturated heterocycles. The highest BCUT2D eigenvalue weighted by molar-refractivity contribution is 6.03. The van der Waals surface area contributed by atoms with Crippen molar-refractivity contribution in [3.05, 3.63) is 66.9 Å². The van der Waals surface area contributed by atoms with Gasteiger partial charge in [0.15, 0.2) is 0 Å². The van der Waals surface area contributed by atoms with Gasteiger partial charge in [-0.2, -0.15) is 5.10 Å². The molecule has 0 saturated carbocycles. The Bertz CT molecular complexity index is 1080. The predicted octanol–water partition coefficient (Wildman–Crippen LogP) is 3.00. The summed E-state index contributed by atoms with van der Waals surface area (Å²) in [5.41, 5.74) is 3.79. The van der Waals surface area contributed by atoms with Gasteiger partial charge in [-0.3, -0.25) is 13.9 Å². The summed E-state index contributed by atoms with van der Waals surface area (Å²) < 4.78 is 8.65. The number of imidazole rings is 1. The van der Waals surface area contributed by atoms with Crippen LogP contribution in [0, 0.1) is 0 Å². The van der Waals surface area contributed by atoms with Crippen LogP contribution in [0.25, 0.3) is 16.8 Å². The zero-order chi connectivity index (χ0) is 18.1. The van der Waals surface area contributed by atoms with Crippen molar-refractivity contribution in [1.82, 2.24) is 19.2 Å². The summed E-state index contributed by atoms with van der Waals surface area (Å²) in [4.78, 5) is 17.0. The quantitative estimate of drug-likeness (QED) is 0.616. The van der Waals surface area contributed by atoms with Crippen molar-refractivity contribution in [2.45, 2.75) is 0 Å². The van der Waals surface area contributed by atoms with Crippen molar-refractivity contribution in [1.29, 1.82) is 0 Å². The topological polar surface area (TPSA) is 73.4 Å². The minimum Gasteiger partial charge on any atom is -0.497 e. The Kier molecular flexibility index (Phi) is 3.89. The molecule has 26 heavy (non-hydrogen) atoms. The third-order valence-corrected chi connectivity index (χ3v) is 4.12. The van der Waals surface area contributed by atoms with Gasteiger partial charge < -0.3 is 10.1 Å². The van der Waals surface area contributed by atoms with Gasteiger partial charge >= 0.3 is 0 Å². The van der Waals surface area contributed by atoms with E-state index in [1.54, 1.807) is 52.9 Å². The van der Waals surface area contributed by atoms with E-state index >= 15 is 0 Å². The van der Waals surface area contributed by atoms with E-state index in [0.717, 1.165) is 16.9 Å². The first-order valence-corrected chi connectivity index (χ1v) is 8.05. The molecule has 0 atom stereocenters. The number of methoxy groups -OCH3 is 1. The van der Waals surface area contributed by atoms with E-state index in [0.29, 0.717) is 17.0 Å². The minimum atomic E-state index is -0.231. The molecule has 0 aliphatic rings. The Labute approximate surface area is 149 Å². The van der Waals surface area contributed by atoms with Crippen molar-refractivity contribution in [2.24, 2.45) is 7.05 Å². The molecule has 3 heterocycles. The summed E-state index contributed by atoms with van der Waals surface area (Å²) in [5, 5.41) is 7.07. The number of hydrogen-bond donors (Lipinski definition) is 1. The summed E-state index contributed by atoms with van der Waals surface area (Å²) in [6.07, 6.45) is 7.17. The molecule has 130 valence electrons. The Balaban J connectivity index is 1.65. The Morgan fingerprint density at radius 1 is 1.04 bits per heavy atom. The molecule has 0 fully saturated rings. The van der Waals surface area contributed by atoms with E-state index in [9.17, 15) is 4.79 Å². The molecule has 1 aromatic carbocycles. The average Bonchev–Trinajstić information content (AvgIpc) is 3.28. The first-order valence-electron chi connectivity index (χ1n) is 8.05. The molecule has 0 bridgehead atoms. The van der Waals surface area contributed by atoms with Crippen LogP contribution in [-0.2, 0) is 7.05 Å². The monoisotopic (exact) mass is 347 g/mol. The number of aryl methyl sites for hydroxylation is 1. The third kappa shape index (κ3) is 2.90. The summed E-state index contributed by atoms with van der Waals surface area (Å²) in [6, 6.07) is 11.0. The molecule has 0 unspecified atom stereocenters. The average molecular weight is 347 g/mol. The lowest BCUT2D eigenvalue weighted by Crippen LogP contribution is -2.14. The number of carbonyl (C=O) groups is 1. The molecule has 0 aliphatic heterocycles. The minimum absolute atomic E-state index is 0.231. The standard InChI is InChI=1S/C19H17N5O2/c1-23-11-14(9-21-23)13-3-8-18-20-10-17(24(18)12-13)19(25)22-15-4-6-16(26-2)7-5-15/h3-12H,1-2H3,(H,22,25). The highest BCUT2D eigenvalue weighted by atomic mass is 16.5. The van der Waals surface area contributed by atoms with Crippen LogP contribution in [-0.4, -0.2) is 32.2 Å². The van der Waals surface area contributed by atoms with Gasteiger partial charge in [0.1, 0.15) is 17.1 Å². The van der Waals surface area contributed by atoms with Crippen molar-refractivity contribution in [3.63, 3.8) is 0 Å². The lowest BCUT2D eigenvalue weighted by atomic mass is 10.2. The van der Waals surface area contributed by atoms with E-state index in [2.05, 4.69) is 15.4 Å². The Morgan fingerprint density at radius 3 is 2.54 bits per heavy atom. The van der Waals surface area contributed by atoms with Crippen LogP contribution < -0.4 is 10.1 Å². The second-order valence-corrected chi connectivity index (χ2v) is 5.87. The molecule has 7 heteroatoms. The number of ether oxygens (including phenoxy) is 1. The summed E-state index contributed by atoms with van der Waals surface area (Å²) >= 11 is 0. The number of nitrogens with zero attached hydrogens (tertiary/aromatic N) is 4. The Hall–Kier alpha value is -3.61. The maximum absolute atomic E-state index is 12.7. The van der Waals surface area contributed by atoms with Gasteiger partial charge in [0, 0.05) is 36.3 Å². The van der Waals surface area contributed by atoms with Crippen molar-refractivity contribution < 1.29 is 9.53 Å². The number of anilines is 1. The maximum Gasteiger partial charge on any atom is 0.274 e. The summed E-state index contributed by atoms with van der Waals surface area (Å²) in [7, 11) is 3.47. The van der Waals surface area contributed by atoms with Gasteiger partial charge in [-0.25, -0.2) is 4.98 Å². The number of fused-ring (bicyclic) bond motifs is 1. The lowest BCUT2D eigenvalue weighted by Gasteiger charge is -2.07. The van der Waals surface area contributed by atoms with Crippen LogP contribution in [0.15, 0.2) is 61.2 Å². The molecule has 4 aromatic rings. The zero-order valence-electron chi connectivity index (χ0n) is 14.4. The fourth-order valence-electron chi connectivity index (χ4n) is 2.76. The van der Waals surface area contributed by atoms with Gasteiger partial charge in [-0.15, -0.1) is 0 Å². The SMILES string of the molecule is COc1ccc(NC(=O)c2cnc3ccc(-c4cnn(C)c4)cn23)cc1. The normalized spacial score (nSPS) is 10.8. The van der Waals surface area contributed by atoms with Crippen LogP contribution in [0.2, 0.25) is 0 Å². The van der Waals surface area contributed by atoms with Gasteiger partial charge in [0.25, 0.3) is 5.91 Å². The van der Waals surface area contributed by atoms with E-state index in [1.807, 2.05) is 31.6 Å². The molecule has 0 spiro atoms. The molecule has 3 aromatic heterocycles. The number of pyridine rings is 1. The van der Waals surface area contributed by atoms with Crippen LogP contribution in [0.3, 0.4) is 0 Å². The van der Waals surface area contributed by atoms with Crippen LogP contribution in [0.5, 0.6) is 5.75 Å². The van der Waals surface area contributed by atoms with Crippen molar-refractivity contribution >= 4 is 17.2 Å². The predicted molar refractivity (Wildman–Crippen MR) is 98.3 cm³/mol. The number of aromatic nitrogens is 4. The van der Waals surface area contributed by atoms with Gasteiger partial charge in [0.05, 0.1) is 19.5 Å². The van der Waals surface area contributed by atoms with Gasteiger partial charge in [0.2, 0.25) is 0 Å². The van der Waals surface area contributed by atoms with Crippen LogP contribution in [0.4, 0.5) is 5.69 Å². The number of nitrogens with one attached hydrogen (secondary N) is 1. The number of rotatable bonds is 4. The fraction of sp³-hybridized carbons (Fsp3) is 0.105. The fourth-order valence-corrected chi connectivity index (χ4v) is 2.76. The maximum atomic E-state index is 12.7. The zero-order valence-corrected chi connectivity index (χ0v) is 14.4. The second kappa shape index (κ2) is 6.36. The second-order valence-electron chi connectivity index (χ2n) is 5.87. The Morgan fingerprint density at radius 2 is 1.85 bits per heavy atom. The molecule has 1 amide bonds. The highest BCUT2D eigenvalue weighted by Gasteiger charge is 2.13. The molecule has 4 rings (SSSR count). The van der Waals surface area contributed by atoms with Crippen molar-refractivity contribution in [3.8, 4) is 16.9 Å². The lowest BCUT2D eigenvalue weighted by molar-refractivity contribution is 0.102. The summed E-state index contributed by atoms with van der Waals surface area (Å²) in [5.74, 6) is 0.505. The first-order chi connectivity index (χ1) is 12.6. The largest absolute Gasteiger partial charge is 0.497 e. The van der Waals surface area contributed by atoms with Crippen LogP contribution in [0.1, 0.15) is 10.5 Å². The smallest absolute Gasteiger partial charge is 0.274 e. The molecule has 7 nitrogen and oxygen atoms in total. The van der Waals surface area contributed by atoms with E-state index in [1.165, 1.54) is 0 Å². The highest BCUT2D eigenvalue weighted by Crippen LogP contribution is 2.21. The number of amides is 1. The molecular weight excluding hydrogens is 330 g/mol. The van der Waals surface area contributed by atoms with Crippen molar-refractivity contribution in [2.75, 3.05) is 12.4 Å². The van der Waals surface area contributed by atoms with Gasteiger partial charge in [-0.05, 0) is 36.4 Å². The van der Waals surface area contributed by atoms with E-state index in [4.69, 9.17) is 4.74 Å². The summed E-state index contributed by atoms with van der Waals surface area (Å²) in [6.45, 7) is 0. The third-order valence-electron chi connectivity index (χ3n) is 4.12. The number of carbonyl (C=O) groups excluding carboxylic acids is 1. The molecular formula is C19H17N5O2. The number of benzene rings is 1. The molecule has 0 aliphatic carbocycles. The number of hydrogen-bond acceptors (Lipinski definition) is 4. The first kappa shape index (κ1) is 15.9. The molecule has 0 radical (unpaired) electrons.